The van der Waals surface area contributed by atoms with Gasteiger partial charge in [0.1, 0.15) is 5.69 Å². The predicted molar refractivity (Wildman–Crippen MR) is 118 cm³/mol. The van der Waals surface area contributed by atoms with Crippen molar-refractivity contribution in [2.24, 2.45) is 0 Å². The molecule has 1 atom stereocenters. The second-order valence-electron chi connectivity index (χ2n) is 7.65. The minimum atomic E-state index is -0.680. The van der Waals surface area contributed by atoms with E-state index >= 15 is 0 Å². The molecular weight excluding hydrogens is 392 g/mol. The van der Waals surface area contributed by atoms with E-state index in [1.807, 2.05) is 49.4 Å². The van der Waals surface area contributed by atoms with E-state index in [0.29, 0.717) is 23.2 Å². The molecule has 3 aromatic rings. The summed E-state index contributed by atoms with van der Waals surface area (Å²) in [5, 5.41) is 0. The molecule has 0 aliphatic carbocycles. The van der Waals surface area contributed by atoms with Crippen LogP contribution in [-0.4, -0.2) is 35.3 Å². The summed E-state index contributed by atoms with van der Waals surface area (Å²) in [6.45, 7) is 5.56. The van der Waals surface area contributed by atoms with Gasteiger partial charge in [0, 0.05) is 23.0 Å². The molecule has 0 saturated carbocycles. The number of anilines is 1. The van der Waals surface area contributed by atoms with Gasteiger partial charge in [0.25, 0.3) is 5.78 Å². The summed E-state index contributed by atoms with van der Waals surface area (Å²) < 4.78 is 5.22. The first-order valence-electron chi connectivity index (χ1n) is 10.3. The fourth-order valence-electron chi connectivity index (χ4n) is 4.24. The second-order valence-corrected chi connectivity index (χ2v) is 7.65. The number of amides is 1. The van der Waals surface area contributed by atoms with Crippen LogP contribution in [0.1, 0.15) is 46.0 Å². The molecular formula is C25H24N2O4. The Morgan fingerprint density at radius 3 is 2.45 bits per heavy atom. The van der Waals surface area contributed by atoms with Crippen molar-refractivity contribution in [3.63, 3.8) is 0 Å². The average molecular weight is 416 g/mol. The number of aromatic amines is 1. The maximum absolute atomic E-state index is 13.5. The maximum Gasteiger partial charge on any atom is 0.340 e. The lowest BCUT2D eigenvalue weighted by atomic mass is 9.98. The Kier molecular flexibility index (Phi) is 5.46. The predicted octanol–water partition coefficient (Wildman–Crippen LogP) is 4.33. The Balaban J connectivity index is 1.81. The Morgan fingerprint density at radius 1 is 1.06 bits per heavy atom. The van der Waals surface area contributed by atoms with Gasteiger partial charge in [-0.2, -0.15) is 0 Å². The fourth-order valence-corrected chi connectivity index (χ4v) is 4.24. The Bertz CT molecular complexity index is 1160. The number of aryl methyl sites for hydroxylation is 1. The molecule has 0 fully saturated rings. The quantitative estimate of drug-likeness (QED) is 0.381. The molecule has 0 radical (unpaired) electrons. The van der Waals surface area contributed by atoms with Gasteiger partial charge in [0.2, 0.25) is 0 Å². The highest BCUT2D eigenvalue weighted by molar-refractivity contribution is 6.48. The van der Waals surface area contributed by atoms with Crippen molar-refractivity contribution in [2.75, 3.05) is 11.5 Å². The van der Waals surface area contributed by atoms with Crippen molar-refractivity contribution in [1.82, 2.24) is 4.98 Å². The first kappa shape index (κ1) is 20.6. The summed E-state index contributed by atoms with van der Waals surface area (Å²) in [7, 11) is 0. The molecule has 6 heteroatoms. The van der Waals surface area contributed by atoms with E-state index in [4.69, 9.17) is 4.74 Å². The first-order valence-corrected chi connectivity index (χ1v) is 10.3. The van der Waals surface area contributed by atoms with E-state index in [0.717, 1.165) is 11.3 Å². The van der Waals surface area contributed by atoms with E-state index in [1.54, 1.807) is 30.9 Å². The van der Waals surface area contributed by atoms with Gasteiger partial charge in [-0.1, -0.05) is 48.5 Å². The van der Waals surface area contributed by atoms with Crippen molar-refractivity contribution in [3.8, 4) is 11.1 Å². The highest BCUT2D eigenvalue weighted by Crippen LogP contribution is 2.35. The van der Waals surface area contributed by atoms with Crippen molar-refractivity contribution >= 4 is 23.3 Å². The molecule has 2 heterocycles. The van der Waals surface area contributed by atoms with E-state index in [-0.39, 0.29) is 23.9 Å². The number of nitrogens with one attached hydrogen (secondary N) is 1. The Hall–Kier alpha value is -3.67. The zero-order valence-corrected chi connectivity index (χ0v) is 17.8. The van der Waals surface area contributed by atoms with Gasteiger partial charge in [0.05, 0.1) is 12.2 Å². The van der Waals surface area contributed by atoms with Gasteiger partial charge in [0.15, 0.2) is 0 Å². The van der Waals surface area contributed by atoms with Crippen LogP contribution in [0.25, 0.3) is 11.1 Å². The first-order chi connectivity index (χ1) is 14.9. The van der Waals surface area contributed by atoms with Crippen molar-refractivity contribution in [2.45, 2.75) is 33.2 Å². The number of aromatic nitrogens is 1. The van der Waals surface area contributed by atoms with E-state index in [2.05, 4.69) is 4.98 Å². The number of ketones is 1. The van der Waals surface area contributed by atoms with Crippen LogP contribution in [0.4, 0.5) is 5.69 Å². The number of H-pyrrole nitrogens is 1. The second kappa shape index (κ2) is 8.22. The molecule has 1 aromatic heterocycles. The summed E-state index contributed by atoms with van der Waals surface area (Å²) in [6, 6.07) is 16.6. The van der Waals surface area contributed by atoms with E-state index < -0.39 is 17.7 Å². The van der Waals surface area contributed by atoms with E-state index in [1.165, 1.54) is 0 Å². The molecule has 0 bridgehead atoms. The SMILES string of the molecule is CCOC(=O)c1c(C)[nH]c(C(=O)C(=O)N2c3ccccc3C[C@H]2C)c1-c1ccccc1. The molecule has 1 aliphatic heterocycles. The van der Waals surface area contributed by atoms with Crippen LogP contribution < -0.4 is 4.90 Å². The number of ether oxygens (including phenoxy) is 1. The van der Waals surface area contributed by atoms with Gasteiger partial charge in [-0.25, -0.2) is 4.79 Å². The summed E-state index contributed by atoms with van der Waals surface area (Å²) >= 11 is 0. The minimum Gasteiger partial charge on any atom is -0.462 e. The molecule has 158 valence electrons. The molecule has 6 nitrogen and oxygen atoms in total. The molecule has 0 unspecified atom stereocenters. The molecule has 1 aliphatic rings. The zero-order valence-electron chi connectivity index (χ0n) is 17.8. The van der Waals surface area contributed by atoms with Crippen LogP contribution in [0.2, 0.25) is 0 Å². The third-order valence-electron chi connectivity index (χ3n) is 5.58. The van der Waals surface area contributed by atoms with Crippen LogP contribution >= 0.6 is 0 Å². The van der Waals surface area contributed by atoms with Gasteiger partial charge in [-0.05, 0) is 44.4 Å². The normalized spacial score (nSPS) is 14.9. The number of hydrogen-bond donors (Lipinski definition) is 1. The molecule has 0 saturated heterocycles. The smallest absolute Gasteiger partial charge is 0.340 e. The lowest BCUT2D eigenvalue weighted by Gasteiger charge is -2.22. The number of Topliss-reactive ketones (excluding diaryl/α,β-unsaturated/α-hetero) is 1. The van der Waals surface area contributed by atoms with Crippen LogP contribution in [0.15, 0.2) is 54.6 Å². The number of para-hydroxylation sites is 1. The molecule has 2 aromatic carbocycles. The Morgan fingerprint density at radius 2 is 1.74 bits per heavy atom. The highest BCUT2D eigenvalue weighted by atomic mass is 16.5. The fraction of sp³-hybridized carbons (Fsp3) is 0.240. The van der Waals surface area contributed by atoms with Crippen LogP contribution in [0, 0.1) is 6.92 Å². The van der Waals surface area contributed by atoms with Gasteiger partial charge in [-0.3, -0.25) is 9.59 Å². The van der Waals surface area contributed by atoms with Crippen LogP contribution in [-0.2, 0) is 16.0 Å². The monoisotopic (exact) mass is 416 g/mol. The van der Waals surface area contributed by atoms with E-state index in [9.17, 15) is 14.4 Å². The summed E-state index contributed by atoms with van der Waals surface area (Å²) in [4.78, 5) is 44.0. The zero-order chi connectivity index (χ0) is 22.1. The number of hydrogen-bond acceptors (Lipinski definition) is 4. The third kappa shape index (κ3) is 3.54. The lowest BCUT2D eigenvalue weighted by Crippen LogP contribution is -2.40. The number of fused-ring (bicyclic) bond motifs is 1. The number of nitrogens with zero attached hydrogens (tertiary/aromatic N) is 1. The third-order valence-corrected chi connectivity index (χ3v) is 5.58. The standard InChI is InChI=1S/C25H24N2O4/c1-4-31-25(30)20-16(3)26-22(21(20)17-10-6-5-7-11-17)23(28)24(29)27-15(2)14-18-12-8-9-13-19(18)27/h5-13,15,26H,4,14H2,1-3H3/t15-/m1/s1. The number of carbonyl (C=O) groups is 3. The van der Waals surface area contributed by atoms with Gasteiger partial charge in [-0.15, -0.1) is 0 Å². The minimum absolute atomic E-state index is 0.105. The van der Waals surface area contributed by atoms with Crippen LogP contribution in [0.3, 0.4) is 0 Å². The topological polar surface area (TPSA) is 79.5 Å². The summed E-state index contributed by atoms with van der Waals surface area (Å²) in [6.07, 6.45) is 0.693. The molecule has 1 amide bonds. The molecule has 31 heavy (non-hydrogen) atoms. The largest absolute Gasteiger partial charge is 0.462 e. The molecule has 0 spiro atoms. The lowest BCUT2D eigenvalue weighted by molar-refractivity contribution is -0.115. The van der Waals surface area contributed by atoms with Crippen molar-refractivity contribution < 1.29 is 19.1 Å². The van der Waals surface area contributed by atoms with Crippen molar-refractivity contribution in [3.05, 3.63) is 77.1 Å². The van der Waals surface area contributed by atoms with Gasteiger partial charge >= 0.3 is 11.9 Å². The summed E-state index contributed by atoms with van der Waals surface area (Å²) in [5.41, 5.74) is 3.73. The van der Waals surface area contributed by atoms with Crippen LogP contribution in [0.5, 0.6) is 0 Å². The van der Waals surface area contributed by atoms with Crippen molar-refractivity contribution in [1.29, 1.82) is 0 Å². The molecule has 1 N–H and O–H groups in total. The maximum atomic E-state index is 13.5. The average Bonchev–Trinajstić information content (AvgIpc) is 3.29. The number of rotatable bonds is 5. The molecule has 4 rings (SSSR count). The number of benzene rings is 2. The number of carbonyl (C=O) groups excluding carboxylic acids is 3. The Labute approximate surface area is 180 Å². The van der Waals surface area contributed by atoms with Gasteiger partial charge < -0.3 is 14.6 Å². The summed E-state index contributed by atoms with van der Waals surface area (Å²) in [5.74, 6) is -1.83. The highest BCUT2D eigenvalue weighted by Gasteiger charge is 2.37. The number of esters is 1.